The first-order chi connectivity index (χ1) is 22.9. The van der Waals surface area contributed by atoms with Crippen LogP contribution in [-0.4, -0.2) is 96.6 Å². The lowest BCUT2D eigenvalue weighted by Gasteiger charge is -2.39. The standard InChI is InChI=1S/C35H38N6O6/c1-39(2)23-38-40-18-29-32(37-21-40)41(22-36-29)33-30-31(42)34(47-33,19-45-30)20-46-35(24-8-6-5-7-9-24,25-10-14-27(43-3)15-11-25)26-12-16-28(44-4)17-13-26/h5-17,21-23,30-31,33,42H,18-20H2,1-4H3/t30-,31+,33-,34-/m1/s1. The maximum atomic E-state index is 11.7. The van der Waals surface area contributed by atoms with Gasteiger partial charge in [0.2, 0.25) is 0 Å². The number of rotatable bonds is 11. The van der Waals surface area contributed by atoms with Crippen LogP contribution in [-0.2, 0) is 26.4 Å². The number of aliphatic hydroxyl groups is 1. The lowest BCUT2D eigenvalue weighted by Crippen LogP contribution is -2.48. The quantitative estimate of drug-likeness (QED) is 0.148. The Morgan fingerprint density at radius 1 is 0.979 bits per heavy atom. The van der Waals surface area contributed by atoms with Crippen LogP contribution in [0.3, 0.4) is 0 Å². The number of benzene rings is 3. The van der Waals surface area contributed by atoms with E-state index < -0.39 is 29.6 Å². The zero-order valence-corrected chi connectivity index (χ0v) is 26.8. The monoisotopic (exact) mass is 638 g/mol. The van der Waals surface area contributed by atoms with Crippen LogP contribution in [0.25, 0.3) is 0 Å². The van der Waals surface area contributed by atoms with Crippen LogP contribution in [0.4, 0.5) is 5.82 Å². The molecule has 0 radical (unpaired) electrons. The average Bonchev–Trinajstić information content (AvgIpc) is 3.76. The van der Waals surface area contributed by atoms with Crippen molar-refractivity contribution in [1.82, 2.24) is 19.5 Å². The second-order valence-electron chi connectivity index (χ2n) is 12.0. The Bertz CT molecular complexity index is 1700. The van der Waals surface area contributed by atoms with E-state index in [9.17, 15) is 5.11 Å². The summed E-state index contributed by atoms with van der Waals surface area (Å²) in [7, 11) is 7.09. The Balaban J connectivity index is 1.23. The number of imidazole rings is 1. The summed E-state index contributed by atoms with van der Waals surface area (Å²) in [6.45, 7) is 0.647. The highest BCUT2D eigenvalue weighted by Gasteiger charge is 2.63. The SMILES string of the molecule is COc1ccc(C(OC[C@@]23CO[C@@H]([C@H](n4cnc5c4N=CN(N=CN(C)C)C5)O2)[C@@H]3O)(c2ccccc2)c2ccc(OC)cc2)cc1. The van der Waals surface area contributed by atoms with Gasteiger partial charge in [-0.05, 0) is 41.0 Å². The van der Waals surface area contributed by atoms with Crippen LogP contribution in [0.2, 0.25) is 0 Å². The predicted molar refractivity (Wildman–Crippen MR) is 175 cm³/mol. The molecular formula is C35H38N6O6. The van der Waals surface area contributed by atoms with Gasteiger partial charge in [-0.1, -0.05) is 54.6 Å². The second-order valence-corrected chi connectivity index (χ2v) is 12.0. The van der Waals surface area contributed by atoms with Gasteiger partial charge in [-0.3, -0.25) is 4.57 Å². The third-order valence-electron chi connectivity index (χ3n) is 8.88. The molecule has 0 aliphatic carbocycles. The predicted octanol–water partition coefficient (Wildman–Crippen LogP) is 3.92. The molecule has 12 heteroatoms. The third kappa shape index (κ3) is 5.42. The highest BCUT2D eigenvalue weighted by molar-refractivity contribution is 5.66. The summed E-state index contributed by atoms with van der Waals surface area (Å²) in [6, 6.07) is 25.7. The molecule has 1 N–H and O–H groups in total. The molecule has 244 valence electrons. The van der Waals surface area contributed by atoms with E-state index in [2.05, 4.69) is 15.1 Å². The minimum absolute atomic E-state index is 0.0291. The lowest BCUT2D eigenvalue weighted by atomic mass is 9.79. The van der Waals surface area contributed by atoms with Crippen molar-refractivity contribution in [2.75, 3.05) is 41.5 Å². The molecule has 0 saturated carbocycles. The van der Waals surface area contributed by atoms with Gasteiger partial charge in [0, 0.05) is 14.1 Å². The smallest absolute Gasteiger partial charge is 0.166 e. The van der Waals surface area contributed by atoms with Gasteiger partial charge in [0.1, 0.15) is 53.3 Å². The minimum atomic E-state index is -1.15. The Morgan fingerprint density at radius 3 is 2.23 bits per heavy atom. The number of aromatic nitrogens is 2. The van der Waals surface area contributed by atoms with Gasteiger partial charge >= 0.3 is 0 Å². The van der Waals surface area contributed by atoms with Crippen molar-refractivity contribution in [3.63, 3.8) is 0 Å². The Morgan fingerprint density at radius 2 is 1.62 bits per heavy atom. The number of ether oxygens (including phenoxy) is 5. The normalized spacial score (nSPS) is 23.3. The molecule has 0 spiro atoms. The highest BCUT2D eigenvalue weighted by atomic mass is 16.7. The molecule has 2 fully saturated rings. The molecule has 0 amide bonds. The summed E-state index contributed by atoms with van der Waals surface area (Å²) in [4.78, 5) is 11.1. The summed E-state index contributed by atoms with van der Waals surface area (Å²) >= 11 is 0. The fourth-order valence-electron chi connectivity index (χ4n) is 6.43. The van der Waals surface area contributed by atoms with Gasteiger partial charge in [0.15, 0.2) is 12.0 Å². The van der Waals surface area contributed by atoms with Crippen LogP contribution in [0.15, 0.2) is 95.3 Å². The Kier molecular flexibility index (Phi) is 8.18. The number of aliphatic hydroxyl groups excluding tert-OH is 1. The molecule has 2 bridgehead atoms. The van der Waals surface area contributed by atoms with Crippen LogP contribution >= 0.6 is 0 Å². The van der Waals surface area contributed by atoms with Crippen molar-refractivity contribution in [3.8, 4) is 11.5 Å². The van der Waals surface area contributed by atoms with E-state index in [0.717, 1.165) is 33.9 Å². The number of fused-ring (bicyclic) bond motifs is 3. The summed E-state index contributed by atoms with van der Waals surface area (Å²) in [5.74, 6) is 2.10. The van der Waals surface area contributed by atoms with E-state index in [1.54, 1.807) is 38.2 Å². The molecule has 7 rings (SSSR count). The molecule has 1 aromatic heterocycles. The molecule has 2 saturated heterocycles. The van der Waals surface area contributed by atoms with Crippen molar-refractivity contribution in [3.05, 3.63) is 108 Å². The van der Waals surface area contributed by atoms with E-state index in [1.807, 2.05) is 102 Å². The van der Waals surface area contributed by atoms with E-state index in [0.29, 0.717) is 12.4 Å². The largest absolute Gasteiger partial charge is 0.497 e. The number of hydrazone groups is 1. The van der Waals surface area contributed by atoms with Crippen LogP contribution in [0.1, 0.15) is 28.6 Å². The Labute approximate surface area is 273 Å². The third-order valence-corrected chi connectivity index (χ3v) is 8.88. The van der Waals surface area contributed by atoms with Crippen molar-refractivity contribution in [2.45, 2.75) is 36.2 Å². The number of nitrogens with zero attached hydrogens (tertiary/aromatic N) is 6. The first kappa shape index (κ1) is 30.9. The fourth-order valence-corrected chi connectivity index (χ4v) is 6.43. The molecular weight excluding hydrogens is 600 g/mol. The molecule has 4 atom stereocenters. The zero-order valence-electron chi connectivity index (χ0n) is 26.8. The number of methoxy groups -OCH3 is 2. The van der Waals surface area contributed by atoms with Crippen molar-refractivity contribution in [1.29, 1.82) is 0 Å². The van der Waals surface area contributed by atoms with E-state index in [4.69, 9.17) is 23.7 Å². The van der Waals surface area contributed by atoms with E-state index >= 15 is 0 Å². The highest BCUT2D eigenvalue weighted by Crippen LogP contribution is 2.49. The number of aliphatic imine (C=N–C) groups is 1. The van der Waals surface area contributed by atoms with Crippen LogP contribution in [0, 0.1) is 0 Å². The molecule has 4 heterocycles. The van der Waals surface area contributed by atoms with Crippen molar-refractivity contribution >= 4 is 18.5 Å². The summed E-state index contributed by atoms with van der Waals surface area (Å²) in [6.07, 6.45) is 2.79. The van der Waals surface area contributed by atoms with Gasteiger partial charge in [-0.15, -0.1) is 0 Å². The maximum Gasteiger partial charge on any atom is 0.166 e. The topological polar surface area (TPSA) is 115 Å². The first-order valence-electron chi connectivity index (χ1n) is 15.4. The van der Waals surface area contributed by atoms with Crippen molar-refractivity contribution < 1.29 is 28.8 Å². The summed E-state index contributed by atoms with van der Waals surface area (Å²) in [5, 5.41) is 17.8. The average molecular weight is 639 g/mol. The Hall–Kier alpha value is -4.75. The second kappa shape index (κ2) is 12.5. The molecule has 4 aromatic rings. The minimum Gasteiger partial charge on any atom is -0.497 e. The van der Waals surface area contributed by atoms with Gasteiger partial charge in [0.25, 0.3) is 0 Å². The lowest BCUT2D eigenvalue weighted by molar-refractivity contribution is -0.202. The summed E-state index contributed by atoms with van der Waals surface area (Å²) < 4.78 is 32.8. The first-order valence-corrected chi connectivity index (χ1v) is 15.4. The maximum absolute atomic E-state index is 11.7. The molecule has 3 aliphatic heterocycles. The van der Waals surface area contributed by atoms with Crippen LogP contribution < -0.4 is 9.47 Å². The molecule has 3 aromatic carbocycles. The summed E-state index contributed by atoms with van der Waals surface area (Å²) in [5.41, 5.74) is 1.19. The zero-order chi connectivity index (χ0) is 32.6. The van der Waals surface area contributed by atoms with Crippen molar-refractivity contribution in [2.24, 2.45) is 10.1 Å². The van der Waals surface area contributed by atoms with Gasteiger partial charge in [-0.25, -0.2) is 15.0 Å². The molecule has 3 aliphatic rings. The van der Waals surface area contributed by atoms with E-state index in [1.165, 1.54) is 0 Å². The van der Waals surface area contributed by atoms with Crippen LogP contribution in [0.5, 0.6) is 11.5 Å². The van der Waals surface area contributed by atoms with E-state index in [-0.39, 0.29) is 13.2 Å². The number of hydrogen-bond donors (Lipinski definition) is 1. The number of hydrogen-bond acceptors (Lipinski definition) is 10. The molecule has 47 heavy (non-hydrogen) atoms. The molecule has 0 unspecified atom stereocenters. The van der Waals surface area contributed by atoms with Gasteiger partial charge in [-0.2, -0.15) is 5.10 Å². The molecule has 12 nitrogen and oxygen atoms in total. The fraction of sp³-hybridized carbons (Fsp3) is 0.343. The van der Waals surface area contributed by atoms with Gasteiger partial charge < -0.3 is 33.7 Å². The van der Waals surface area contributed by atoms with Gasteiger partial charge in [0.05, 0.1) is 40.3 Å².